The molecule has 1 aromatic heterocycles. The first-order valence-electron chi connectivity index (χ1n) is 8.73. The number of carbonyl (C=O) groups excluding carboxylic acids is 3. The number of pyridine rings is 1. The molecular weight excluding hydrogens is 346 g/mol. The molecule has 0 radical (unpaired) electrons. The van der Waals surface area contributed by atoms with Crippen LogP contribution in [0.5, 0.6) is 0 Å². The highest BCUT2D eigenvalue weighted by molar-refractivity contribution is 5.94. The zero-order chi connectivity index (χ0) is 19.6. The third kappa shape index (κ3) is 6.22. The second kappa shape index (κ2) is 10.1. The van der Waals surface area contributed by atoms with Gasteiger partial charge in [-0.2, -0.15) is 0 Å². The number of nitrogens with zero attached hydrogens (tertiary/aromatic N) is 2. The van der Waals surface area contributed by atoms with Crippen LogP contribution in [0.4, 0.5) is 5.69 Å². The van der Waals surface area contributed by atoms with E-state index in [0.29, 0.717) is 24.4 Å². The molecule has 1 heterocycles. The summed E-state index contributed by atoms with van der Waals surface area (Å²) in [5.74, 6) is -0.765. The molecular formula is C20H23N3O4. The van der Waals surface area contributed by atoms with Crippen LogP contribution in [0.2, 0.25) is 0 Å². The van der Waals surface area contributed by atoms with Crippen molar-refractivity contribution in [1.82, 2.24) is 10.3 Å². The summed E-state index contributed by atoms with van der Waals surface area (Å²) in [6, 6.07) is 12.0. The van der Waals surface area contributed by atoms with E-state index < -0.39 is 5.97 Å². The highest BCUT2D eigenvalue weighted by atomic mass is 16.5. The SMILES string of the molecule is CCOC(=O)c1ccc(N(CCC(=O)NCc2ccccn2)C(C)=O)cc1. The van der Waals surface area contributed by atoms with Crippen molar-refractivity contribution in [3.8, 4) is 0 Å². The van der Waals surface area contributed by atoms with Crippen molar-refractivity contribution in [3.05, 3.63) is 59.9 Å². The Hall–Kier alpha value is -3.22. The van der Waals surface area contributed by atoms with Crippen LogP contribution in [0, 0.1) is 0 Å². The lowest BCUT2D eigenvalue weighted by molar-refractivity contribution is -0.121. The number of aromatic nitrogens is 1. The number of nitrogens with one attached hydrogen (secondary N) is 1. The highest BCUT2D eigenvalue weighted by Crippen LogP contribution is 2.17. The molecule has 27 heavy (non-hydrogen) atoms. The Morgan fingerprint density at radius 2 is 1.85 bits per heavy atom. The Balaban J connectivity index is 1.92. The number of hydrogen-bond acceptors (Lipinski definition) is 5. The standard InChI is InChI=1S/C20H23N3O4/c1-3-27-20(26)16-7-9-18(10-8-16)23(15(2)24)13-11-19(25)22-14-17-6-4-5-12-21-17/h4-10,12H,3,11,13-14H2,1-2H3,(H,22,25). The van der Waals surface area contributed by atoms with E-state index in [9.17, 15) is 14.4 Å². The van der Waals surface area contributed by atoms with Gasteiger partial charge in [-0.05, 0) is 43.3 Å². The van der Waals surface area contributed by atoms with Crippen LogP contribution in [0.15, 0.2) is 48.7 Å². The zero-order valence-electron chi connectivity index (χ0n) is 15.5. The quantitative estimate of drug-likeness (QED) is 0.722. The minimum atomic E-state index is -0.410. The number of ether oxygens (including phenoxy) is 1. The molecule has 7 heteroatoms. The molecule has 2 amide bonds. The first kappa shape index (κ1) is 20.1. The van der Waals surface area contributed by atoms with Crippen LogP contribution >= 0.6 is 0 Å². The van der Waals surface area contributed by atoms with Crippen molar-refractivity contribution in [2.24, 2.45) is 0 Å². The van der Waals surface area contributed by atoms with Gasteiger partial charge in [-0.25, -0.2) is 4.79 Å². The summed E-state index contributed by atoms with van der Waals surface area (Å²) in [4.78, 5) is 41.3. The van der Waals surface area contributed by atoms with Crippen LogP contribution in [-0.4, -0.2) is 35.9 Å². The zero-order valence-corrected chi connectivity index (χ0v) is 15.5. The molecule has 0 unspecified atom stereocenters. The molecule has 0 atom stereocenters. The number of benzene rings is 1. The van der Waals surface area contributed by atoms with Gasteiger partial charge in [-0.15, -0.1) is 0 Å². The molecule has 0 aliphatic carbocycles. The smallest absolute Gasteiger partial charge is 0.338 e. The molecule has 1 N–H and O–H groups in total. The van der Waals surface area contributed by atoms with Gasteiger partial charge in [-0.1, -0.05) is 6.07 Å². The second-order valence-corrected chi connectivity index (χ2v) is 5.79. The average Bonchev–Trinajstić information content (AvgIpc) is 2.68. The topological polar surface area (TPSA) is 88.6 Å². The van der Waals surface area contributed by atoms with Crippen molar-refractivity contribution >= 4 is 23.5 Å². The predicted molar refractivity (Wildman–Crippen MR) is 101 cm³/mol. The molecule has 0 saturated carbocycles. The fourth-order valence-corrected chi connectivity index (χ4v) is 2.45. The Bertz CT molecular complexity index is 776. The summed E-state index contributed by atoms with van der Waals surface area (Å²) < 4.78 is 4.94. The van der Waals surface area contributed by atoms with Crippen LogP contribution in [0.3, 0.4) is 0 Å². The van der Waals surface area contributed by atoms with Crippen LogP contribution in [0.25, 0.3) is 0 Å². The van der Waals surface area contributed by atoms with E-state index in [4.69, 9.17) is 4.74 Å². The van der Waals surface area contributed by atoms with Crippen molar-refractivity contribution < 1.29 is 19.1 Å². The summed E-state index contributed by atoms with van der Waals surface area (Å²) in [6.07, 6.45) is 1.82. The number of carbonyl (C=O) groups is 3. The van der Waals surface area contributed by atoms with E-state index in [1.807, 2.05) is 18.2 Å². The Kier molecular flexibility index (Phi) is 7.49. The van der Waals surface area contributed by atoms with Gasteiger partial charge in [0.05, 0.1) is 24.4 Å². The van der Waals surface area contributed by atoms with Crippen molar-refractivity contribution in [3.63, 3.8) is 0 Å². The maximum atomic E-state index is 12.1. The van der Waals surface area contributed by atoms with Crippen LogP contribution in [-0.2, 0) is 20.9 Å². The highest BCUT2D eigenvalue weighted by Gasteiger charge is 2.15. The summed E-state index contributed by atoms with van der Waals surface area (Å²) in [6.45, 7) is 4.05. The largest absolute Gasteiger partial charge is 0.462 e. The van der Waals surface area contributed by atoms with Gasteiger partial charge in [0.15, 0.2) is 0 Å². The van der Waals surface area contributed by atoms with Gasteiger partial charge < -0.3 is 15.0 Å². The van der Waals surface area contributed by atoms with E-state index in [1.54, 1.807) is 37.4 Å². The molecule has 7 nitrogen and oxygen atoms in total. The lowest BCUT2D eigenvalue weighted by Gasteiger charge is -2.21. The van der Waals surface area contributed by atoms with Crippen LogP contribution < -0.4 is 10.2 Å². The van der Waals surface area contributed by atoms with Gasteiger partial charge >= 0.3 is 5.97 Å². The third-order valence-corrected chi connectivity index (χ3v) is 3.83. The molecule has 2 rings (SSSR count). The summed E-state index contributed by atoms with van der Waals surface area (Å²) in [7, 11) is 0. The van der Waals surface area contributed by atoms with Crippen molar-refractivity contribution in [1.29, 1.82) is 0 Å². The van der Waals surface area contributed by atoms with Crippen molar-refractivity contribution in [2.45, 2.75) is 26.8 Å². The number of rotatable bonds is 8. The van der Waals surface area contributed by atoms with Gasteiger partial charge in [0, 0.05) is 31.8 Å². The van der Waals surface area contributed by atoms with E-state index in [-0.39, 0.29) is 24.8 Å². The Morgan fingerprint density at radius 1 is 1.11 bits per heavy atom. The predicted octanol–water partition coefficient (Wildman–Crippen LogP) is 2.32. The van der Waals surface area contributed by atoms with E-state index in [2.05, 4.69) is 10.3 Å². The average molecular weight is 369 g/mol. The van der Waals surface area contributed by atoms with Crippen molar-refractivity contribution in [2.75, 3.05) is 18.1 Å². The Morgan fingerprint density at radius 3 is 2.44 bits per heavy atom. The summed E-state index contributed by atoms with van der Waals surface area (Å²) >= 11 is 0. The number of esters is 1. The van der Waals surface area contributed by atoms with Crippen LogP contribution in [0.1, 0.15) is 36.3 Å². The van der Waals surface area contributed by atoms with Gasteiger partial charge in [0.2, 0.25) is 11.8 Å². The molecule has 0 saturated heterocycles. The van der Waals surface area contributed by atoms with E-state index >= 15 is 0 Å². The normalized spacial score (nSPS) is 10.1. The molecule has 2 aromatic rings. The monoisotopic (exact) mass is 369 g/mol. The molecule has 0 bridgehead atoms. The fourth-order valence-electron chi connectivity index (χ4n) is 2.45. The molecule has 1 aromatic carbocycles. The van der Waals surface area contributed by atoms with E-state index in [1.165, 1.54) is 11.8 Å². The molecule has 142 valence electrons. The minimum Gasteiger partial charge on any atom is -0.462 e. The summed E-state index contributed by atoms with van der Waals surface area (Å²) in [5, 5.41) is 2.78. The van der Waals surface area contributed by atoms with Gasteiger partial charge in [-0.3, -0.25) is 14.6 Å². The first-order chi connectivity index (χ1) is 13.0. The lowest BCUT2D eigenvalue weighted by atomic mass is 10.2. The lowest BCUT2D eigenvalue weighted by Crippen LogP contribution is -2.33. The molecule has 0 aliphatic heterocycles. The Labute approximate surface area is 158 Å². The number of hydrogen-bond donors (Lipinski definition) is 1. The fraction of sp³-hybridized carbons (Fsp3) is 0.300. The first-order valence-corrected chi connectivity index (χ1v) is 8.73. The number of anilines is 1. The molecule has 0 aliphatic rings. The maximum absolute atomic E-state index is 12.1. The minimum absolute atomic E-state index is 0.159. The van der Waals surface area contributed by atoms with Gasteiger partial charge in [0.25, 0.3) is 0 Å². The summed E-state index contributed by atoms with van der Waals surface area (Å²) in [5.41, 5.74) is 1.80. The second-order valence-electron chi connectivity index (χ2n) is 5.79. The molecule has 0 fully saturated rings. The van der Waals surface area contributed by atoms with E-state index in [0.717, 1.165) is 5.69 Å². The third-order valence-electron chi connectivity index (χ3n) is 3.83. The maximum Gasteiger partial charge on any atom is 0.338 e. The number of amides is 2. The van der Waals surface area contributed by atoms with Gasteiger partial charge in [0.1, 0.15) is 0 Å². The molecule has 0 spiro atoms.